The van der Waals surface area contributed by atoms with E-state index >= 15 is 0 Å². The molecule has 26 heavy (non-hydrogen) atoms. The van der Waals surface area contributed by atoms with E-state index in [0.29, 0.717) is 18.9 Å². The van der Waals surface area contributed by atoms with Gasteiger partial charge in [-0.3, -0.25) is 4.79 Å². The second-order valence-electron chi connectivity index (χ2n) is 6.29. The molecule has 0 spiro atoms. The number of rotatable bonds is 3. The van der Waals surface area contributed by atoms with Crippen LogP contribution in [0.1, 0.15) is 33.4 Å². The van der Waals surface area contributed by atoms with E-state index < -0.39 is 0 Å². The Kier molecular flexibility index (Phi) is 4.34. The highest BCUT2D eigenvalue weighted by Gasteiger charge is 2.31. The Bertz CT molecular complexity index is 956. The number of likely N-dealkylation sites (tertiary alicyclic amines) is 1. The lowest BCUT2D eigenvalue weighted by Crippen LogP contribution is -2.28. The summed E-state index contributed by atoms with van der Waals surface area (Å²) in [7, 11) is 0. The zero-order chi connectivity index (χ0) is 18.1. The maximum absolute atomic E-state index is 12.7. The van der Waals surface area contributed by atoms with Crippen molar-refractivity contribution in [1.82, 2.24) is 24.8 Å². The number of nitrogens with zero attached hydrogens (tertiary/aromatic N) is 5. The highest BCUT2D eigenvalue weighted by atomic mass is 32.1. The van der Waals surface area contributed by atoms with E-state index in [-0.39, 0.29) is 11.8 Å². The molecular formula is C18H18N6OS. The molecule has 1 atom stereocenters. The summed E-state index contributed by atoms with van der Waals surface area (Å²) in [5.74, 6) is 0.678. The van der Waals surface area contributed by atoms with E-state index in [1.165, 1.54) is 11.3 Å². The SMILES string of the molecule is Cc1ncsc1C(=O)N1CC[C@H](c2ncncc2-c2ccnc(N)c2)C1. The van der Waals surface area contributed by atoms with Gasteiger partial charge in [-0.25, -0.2) is 19.9 Å². The summed E-state index contributed by atoms with van der Waals surface area (Å²) in [6.45, 7) is 3.22. The van der Waals surface area contributed by atoms with Crippen LogP contribution < -0.4 is 5.73 Å². The number of amides is 1. The summed E-state index contributed by atoms with van der Waals surface area (Å²) >= 11 is 1.39. The second-order valence-corrected chi connectivity index (χ2v) is 7.15. The normalized spacial score (nSPS) is 16.8. The number of hydrogen-bond acceptors (Lipinski definition) is 7. The Morgan fingerprint density at radius 1 is 1.35 bits per heavy atom. The van der Waals surface area contributed by atoms with Gasteiger partial charge in [0, 0.05) is 37.0 Å². The molecule has 0 bridgehead atoms. The molecule has 2 N–H and O–H groups in total. The van der Waals surface area contributed by atoms with Crippen molar-refractivity contribution in [1.29, 1.82) is 0 Å². The molecular weight excluding hydrogens is 348 g/mol. The maximum Gasteiger partial charge on any atom is 0.265 e. The zero-order valence-corrected chi connectivity index (χ0v) is 15.1. The quantitative estimate of drug-likeness (QED) is 0.765. The van der Waals surface area contributed by atoms with Crippen LogP contribution in [0.15, 0.2) is 36.4 Å². The van der Waals surface area contributed by atoms with Crippen molar-refractivity contribution in [3.8, 4) is 11.1 Å². The molecule has 0 radical (unpaired) electrons. The average molecular weight is 366 g/mol. The van der Waals surface area contributed by atoms with Gasteiger partial charge >= 0.3 is 0 Å². The van der Waals surface area contributed by atoms with Crippen molar-refractivity contribution in [3.05, 3.63) is 52.6 Å². The van der Waals surface area contributed by atoms with Crippen molar-refractivity contribution >= 4 is 23.1 Å². The number of aryl methyl sites for hydroxylation is 1. The first-order valence-electron chi connectivity index (χ1n) is 8.34. The molecule has 0 saturated carbocycles. The van der Waals surface area contributed by atoms with Crippen molar-refractivity contribution in [2.24, 2.45) is 0 Å². The molecule has 1 fully saturated rings. The summed E-state index contributed by atoms with van der Waals surface area (Å²) in [6, 6.07) is 3.72. The first-order chi connectivity index (χ1) is 12.6. The van der Waals surface area contributed by atoms with Crippen molar-refractivity contribution in [3.63, 3.8) is 0 Å². The molecule has 4 heterocycles. The van der Waals surface area contributed by atoms with E-state index in [4.69, 9.17) is 5.73 Å². The lowest BCUT2D eigenvalue weighted by molar-refractivity contribution is 0.0794. The number of aromatic nitrogens is 4. The minimum Gasteiger partial charge on any atom is -0.384 e. The lowest BCUT2D eigenvalue weighted by Gasteiger charge is -2.17. The van der Waals surface area contributed by atoms with Gasteiger partial charge in [0.05, 0.1) is 16.9 Å². The Hall–Kier alpha value is -2.87. The zero-order valence-electron chi connectivity index (χ0n) is 14.3. The van der Waals surface area contributed by atoms with Crippen LogP contribution in [0.5, 0.6) is 0 Å². The van der Waals surface area contributed by atoms with Crippen LogP contribution in [-0.4, -0.2) is 43.8 Å². The predicted molar refractivity (Wildman–Crippen MR) is 99.8 cm³/mol. The summed E-state index contributed by atoms with van der Waals surface area (Å²) in [4.78, 5) is 32.3. The van der Waals surface area contributed by atoms with Gasteiger partial charge in [0.15, 0.2) is 0 Å². The fourth-order valence-electron chi connectivity index (χ4n) is 3.32. The van der Waals surface area contributed by atoms with E-state index in [2.05, 4.69) is 19.9 Å². The highest BCUT2D eigenvalue weighted by molar-refractivity contribution is 7.11. The molecule has 3 aromatic heterocycles. The number of hydrogen-bond donors (Lipinski definition) is 1. The molecule has 1 aliphatic rings. The van der Waals surface area contributed by atoms with Crippen LogP contribution in [0.2, 0.25) is 0 Å². The molecule has 1 saturated heterocycles. The topological polar surface area (TPSA) is 97.9 Å². The van der Waals surface area contributed by atoms with E-state index in [1.54, 1.807) is 24.2 Å². The minimum atomic E-state index is 0.0521. The van der Waals surface area contributed by atoms with Crippen LogP contribution in [0.4, 0.5) is 5.82 Å². The molecule has 7 nitrogen and oxygen atoms in total. The van der Waals surface area contributed by atoms with Gasteiger partial charge in [-0.1, -0.05) is 0 Å². The van der Waals surface area contributed by atoms with Gasteiger partial charge in [-0.2, -0.15) is 0 Å². The molecule has 0 aromatic carbocycles. The van der Waals surface area contributed by atoms with Gasteiger partial charge in [0.25, 0.3) is 5.91 Å². The Labute approximate surface area is 155 Å². The van der Waals surface area contributed by atoms with Gasteiger partial charge < -0.3 is 10.6 Å². The monoisotopic (exact) mass is 366 g/mol. The standard InChI is InChI=1S/C18H18N6OS/c1-11-17(26-10-23-11)18(25)24-5-3-13(8-24)16-14(7-20-9-22-16)12-2-4-21-15(19)6-12/h2,4,6-7,9-10,13H,3,5,8H2,1H3,(H2,19,21)/t13-/m0/s1. The predicted octanol–water partition coefficient (Wildman–Crippen LogP) is 2.52. The van der Waals surface area contributed by atoms with Gasteiger partial charge in [0.2, 0.25) is 0 Å². The fraction of sp³-hybridized carbons (Fsp3) is 0.278. The average Bonchev–Trinajstić information content (AvgIpc) is 3.30. The number of anilines is 1. The molecule has 0 unspecified atom stereocenters. The number of pyridine rings is 1. The van der Waals surface area contributed by atoms with E-state index in [1.807, 2.05) is 24.0 Å². The third kappa shape index (κ3) is 3.03. The summed E-state index contributed by atoms with van der Waals surface area (Å²) in [5.41, 5.74) is 11.2. The van der Waals surface area contributed by atoms with Crippen LogP contribution in [0, 0.1) is 6.92 Å². The Morgan fingerprint density at radius 2 is 2.23 bits per heavy atom. The lowest BCUT2D eigenvalue weighted by atomic mass is 9.96. The summed E-state index contributed by atoms with van der Waals surface area (Å²) < 4.78 is 0. The van der Waals surface area contributed by atoms with E-state index in [9.17, 15) is 4.79 Å². The smallest absolute Gasteiger partial charge is 0.265 e. The van der Waals surface area contributed by atoms with Crippen molar-refractivity contribution in [2.45, 2.75) is 19.3 Å². The van der Waals surface area contributed by atoms with Crippen molar-refractivity contribution < 1.29 is 4.79 Å². The summed E-state index contributed by atoms with van der Waals surface area (Å²) in [5, 5.41) is 0. The number of carbonyl (C=O) groups excluding carboxylic acids is 1. The number of thiazole rings is 1. The number of carbonyl (C=O) groups is 1. The van der Waals surface area contributed by atoms with Crippen LogP contribution >= 0.6 is 11.3 Å². The molecule has 1 amide bonds. The van der Waals surface area contributed by atoms with E-state index in [0.717, 1.165) is 33.8 Å². The molecule has 8 heteroatoms. The van der Waals surface area contributed by atoms with Crippen molar-refractivity contribution in [2.75, 3.05) is 18.8 Å². The first kappa shape index (κ1) is 16.6. The van der Waals surface area contributed by atoms with Gasteiger partial charge in [-0.15, -0.1) is 11.3 Å². The number of nitrogen functional groups attached to an aromatic ring is 1. The maximum atomic E-state index is 12.7. The third-order valence-electron chi connectivity index (χ3n) is 4.64. The van der Waals surface area contributed by atoms with Gasteiger partial charge in [0.1, 0.15) is 17.0 Å². The third-order valence-corrected chi connectivity index (χ3v) is 5.55. The van der Waals surface area contributed by atoms with Crippen LogP contribution in [0.3, 0.4) is 0 Å². The molecule has 0 aliphatic carbocycles. The molecule has 1 aliphatic heterocycles. The largest absolute Gasteiger partial charge is 0.384 e. The summed E-state index contributed by atoms with van der Waals surface area (Å²) in [6.07, 6.45) is 5.91. The molecule has 132 valence electrons. The Balaban J connectivity index is 1.60. The van der Waals surface area contributed by atoms with Gasteiger partial charge in [-0.05, 0) is 31.0 Å². The first-order valence-corrected chi connectivity index (χ1v) is 9.22. The molecule has 3 aromatic rings. The Morgan fingerprint density at radius 3 is 3.00 bits per heavy atom. The second kappa shape index (κ2) is 6.80. The molecule has 4 rings (SSSR count). The minimum absolute atomic E-state index is 0.0521. The van der Waals surface area contributed by atoms with Crippen LogP contribution in [0.25, 0.3) is 11.1 Å². The number of nitrogens with two attached hydrogens (primary N) is 1. The fourth-order valence-corrected chi connectivity index (χ4v) is 4.09. The highest BCUT2D eigenvalue weighted by Crippen LogP contribution is 2.34. The van der Waals surface area contributed by atoms with Crippen LogP contribution in [-0.2, 0) is 0 Å².